The summed E-state index contributed by atoms with van der Waals surface area (Å²) in [6.07, 6.45) is 13.1. The first-order valence-electron chi connectivity index (χ1n) is 17.7. The van der Waals surface area contributed by atoms with Crippen molar-refractivity contribution in [3.63, 3.8) is 0 Å². The Morgan fingerprint density at radius 2 is 1.36 bits per heavy atom. The van der Waals surface area contributed by atoms with Gasteiger partial charge in [-0.3, -0.25) is 0 Å². The smallest absolute Gasteiger partial charge is 0.155 e. The minimum Gasteiger partial charge on any atom is -0.316 e. The molecule has 0 atom stereocenters. The molecule has 0 amide bonds. The molecule has 0 saturated carbocycles. The lowest BCUT2D eigenvalue weighted by Crippen LogP contribution is -1.99. The lowest BCUT2D eigenvalue weighted by molar-refractivity contribution is 0.999. The van der Waals surface area contributed by atoms with Crippen LogP contribution in [0.4, 0.5) is 0 Å². The van der Waals surface area contributed by atoms with Crippen LogP contribution in [-0.2, 0) is 6.42 Å². The van der Waals surface area contributed by atoms with E-state index in [-0.39, 0.29) is 0 Å². The standard InChI is InChI=1S/C48H33N5/c1-3-4-13-35-32-52(43-19-10-7-15-37(35)43)36-23-25-44-41(30-36)48-38-16-6-5-14-33(38)22-24-47(48)51(44)29-27-42(34(31-49)26-28-50-2)53-45-20-11-8-17-39(45)40-18-9-12-21-46(40)53/h3,5-12,14-30,32H,1,4,13H2/b28-26+,29-27+,42-34-. The number of fused-ring (bicyclic) bond motifs is 9. The van der Waals surface area contributed by atoms with Gasteiger partial charge in [0.1, 0.15) is 0 Å². The number of nitriles is 1. The maximum absolute atomic E-state index is 10.5. The maximum atomic E-state index is 10.5. The number of rotatable bonds is 8. The normalized spacial score (nSPS) is 12.5. The molecule has 0 saturated heterocycles. The van der Waals surface area contributed by atoms with E-state index in [0.717, 1.165) is 56.8 Å². The number of allylic oxidation sites excluding steroid dienone is 5. The number of aromatic nitrogens is 3. The van der Waals surface area contributed by atoms with E-state index in [1.54, 1.807) is 6.08 Å². The van der Waals surface area contributed by atoms with Gasteiger partial charge in [-0.15, -0.1) is 6.58 Å². The van der Waals surface area contributed by atoms with Crippen molar-refractivity contribution in [1.82, 2.24) is 13.7 Å². The zero-order valence-electron chi connectivity index (χ0n) is 28.9. The first kappa shape index (κ1) is 31.6. The molecular formula is C48H33N5. The molecule has 6 aromatic carbocycles. The molecule has 9 aromatic rings. The molecule has 0 fully saturated rings. The summed E-state index contributed by atoms with van der Waals surface area (Å²) >= 11 is 0. The third-order valence-corrected chi connectivity index (χ3v) is 10.3. The van der Waals surface area contributed by atoms with Crippen molar-refractivity contribution in [2.24, 2.45) is 0 Å². The highest BCUT2D eigenvalue weighted by molar-refractivity contribution is 6.22. The number of nitrogens with zero attached hydrogens (tertiary/aromatic N) is 5. The fraction of sp³-hybridized carbons (Fsp3) is 0.0417. The van der Waals surface area contributed by atoms with Crippen LogP contribution < -0.4 is 0 Å². The second kappa shape index (κ2) is 13.1. The number of benzene rings is 6. The van der Waals surface area contributed by atoms with Crippen molar-refractivity contribution in [3.05, 3.63) is 187 Å². The van der Waals surface area contributed by atoms with E-state index in [2.05, 4.69) is 147 Å². The average Bonchev–Trinajstić information content (AvgIpc) is 3.86. The fourth-order valence-corrected chi connectivity index (χ4v) is 7.94. The Balaban J connectivity index is 1.31. The number of hydrogen-bond acceptors (Lipinski definition) is 1. The first-order valence-corrected chi connectivity index (χ1v) is 17.7. The molecule has 0 radical (unpaired) electrons. The van der Waals surface area contributed by atoms with Crippen LogP contribution in [0, 0.1) is 17.9 Å². The Kier molecular flexibility index (Phi) is 7.81. The van der Waals surface area contributed by atoms with Crippen molar-refractivity contribution in [2.45, 2.75) is 12.8 Å². The van der Waals surface area contributed by atoms with E-state index >= 15 is 0 Å². The zero-order chi connectivity index (χ0) is 35.9. The average molecular weight is 680 g/mol. The van der Waals surface area contributed by atoms with Gasteiger partial charge >= 0.3 is 0 Å². The summed E-state index contributed by atoms with van der Waals surface area (Å²) in [5.74, 6) is 0. The van der Waals surface area contributed by atoms with Crippen molar-refractivity contribution in [3.8, 4) is 11.8 Å². The van der Waals surface area contributed by atoms with Crippen molar-refractivity contribution in [2.75, 3.05) is 0 Å². The van der Waals surface area contributed by atoms with E-state index in [1.165, 1.54) is 38.8 Å². The molecule has 0 N–H and O–H groups in total. The molecule has 53 heavy (non-hydrogen) atoms. The highest BCUT2D eigenvalue weighted by Gasteiger charge is 2.18. The van der Waals surface area contributed by atoms with Crippen LogP contribution in [0.15, 0.2) is 170 Å². The summed E-state index contributed by atoms with van der Waals surface area (Å²) in [5.41, 5.74) is 8.74. The predicted octanol–water partition coefficient (Wildman–Crippen LogP) is 12.5. The Morgan fingerprint density at radius 3 is 2.08 bits per heavy atom. The van der Waals surface area contributed by atoms with Gasteiger partial charge in [0.05, 0.1) is 51.5 Å². The van der Waals surface area contributed by atoms with Crippen LogP contribution in [0.2, 0.25) is 0 Å². The molecule has 3 aromatic heterocycles. The van der Waals surface area contributed by atoms with Gasteiger partial charge < -0.3 is 13.7 Å². The van der Waals surface area contributed by atoms with Crippen LogP contribution in [-0.4, -0.2) is 13.7 Å². The lowest BCUT2D eigenvalue weighted by Gasteiger charge is -2.11. The molecule has 0 aliphatic heterocycles. The largest absolute Gasteiger partial charge is 0.316 e. The summed E-state index contributed by atoms with van der Waals surface area (Å²) < 4.78 is 6.67. The Hall–Kier alpha value is -7.34. The third-order valence-electron chi connectivity index (χ3n) is 10.3. The van der Waals surface area contributed by atoms with Gasteiger partial charge in [-0.1, -0.05) is 91.0 Å². The first-order chi connectivity index (χ1) is 26.2. The highest BCUT2D eigenvalue weighted by Crippen LogP contribution is 2.38. The van der Waals surface area contributed by atoms with Crippen LogP contribution in [0.1, 0.15) is 12.0 Å². The van der Waals surface area contributed by atoms with Gasteiger partial charge in [-0.25, -0.2) is 4.85 Å². The molecule has 0 unspecified atom stereocenters. The number of para-hydroxylation sites is 3. The van der Waals surface area contributed by atoms with Crippen molar-refractivity contribution in [1.29, 1.82) is 5.26 Å². The molecule has 0 spiro atoms. The molecule has 3 heterocycles. The van der Waals surface area contributed by atoms with Gasteiger partial charge in [-0.2, -0.15) is 5.26 Å². The summed E-state index contributed by atoms with van der Waals surface area (Å²) in [6, 6.07) is 47.1. The number of aryl methyl sites for hydroxylation is 1. The summed E-state index contributed by atoms with van der Waals surface area (Å²) in [4.78, 5) is 3.44. The van der Waals surface area contributed by atoms with E-state index < -0.39 is 0 Å². The molecule has 5 heteroatoms. The van der Waals surface area contributed by atoms with Crippen LogP contribution in [0.25, 0.3) is 87.7 Å². The van der Waals surface area contributed by atoms with E-state index in [4.69, 9.17) is 6.57 Å². The second-order valence-corrected chi connectivity index (χ2v) is 13.2. The van der Waals surface area contributed by atoms with Crippen molar-refractivity contribution < 1.29 is 0 Å². The SMILES string of the molecule is [C-]#[N+]/C=C/C(C#N)=C(\C=C\n1c2ccc(-n3cc(CCC=C)c4ccccc43)cc2c2c3ccccc3ccc21)n1c2ccccc2c2ccccc21. The topological polar surface area (TPSA) is 42.9 Å². The van der Waals surface area contributed by atoms with E-state index in [0.29, 0.717) is 11.3 Å². The van der Waals surface area contributed by atoms with Crippen LogP contribution in [0.3, 0.4) is 0 Å². The molecule has 9 rings (SSSR count). The number of hydrogen-bond donors (Lipinski definition) is 0. The maximum Gasteiger partial charge on any atom is 0.155 e. The van der Waals surface area contributed by atoms with Gasteiger partial charge in [0.25, 0.3) is 0 Å². The predicted molar refractivity (Wildman–Crippen MR) is 222 cm³/mol. The molecule has 0 aliphatic rings. The van der Waals surface area contributed by atoms with Crippen LogP contribution in [0.5, 0.6) is 0 Å². The van der Waals surface area contributed by atoms with Crippen molar-refractivity contribution >= 4 is 77.2 Å². The summed E-state index contributed by atoms with van der Waals surface area (Å²) in [5, 5.41) is 18.6. The molecule has 250 valence electrons. The quantitative estimate of drug-likeness (QED) is 0.0682. The fourth-order valence-electron chi connectivity index (χ4n) is 7.94. The van der Waals surface area contributed by atoms with Gasteiger partial charge in [0.15, 0.2) is 6.20 Å². The van der Waals surface area contributed by atoms with Gasteiger partial charge in [-0.05, 0) is 83.8 Å². The lowest BCUT2D eigenvalue weighted by atomic mass is 10.0. The molecule has 0 aliphatic carbocycles. The Morgan fingerprint density at radius 1 is 0.698 bits per heavy atom. The second-order valence-electron chi connectivity index (χ2n) is 13.2. The summed E-state index contributed by atoms with van der Waals surface area (Å²) in [6.45, 7) is 11.4. The Labute approximate surface area is 307 Å². The third kappa shape index (κ3) is 5.15. The molecule has 0 bridgehead atoms. The zero-order valence-corrected chi connectivity index (χ0v) is 28.9. The summed E-state index contributed by atoms with van der Waals surface area (Å²) in [7, 11) is 0. The molecule has 5 nitrogen and oxygen atoms in total. The van der Waals surface area contributed by atoms with E-state index in [1.807, 2.05) is 36.4 Å². The molecular weight excluding hydrogens is 647 g/mol. The van der Waals surface area contributed by atoms with Gasteiger partial charge in [0, 0.05) is 45.0 Å². The minimum absolute atomic E-state index is 0.393. The van der Waals surface area contributed by atoms with Crippen LogP contribution >= 0.6 is 0 Å². The van der Waals surface area contributed by atoms with Gasteiger partial charge in [0.2, 0.25) is 0 Å². The van der Waals surface area contributed by atoms with E-state index in [9.17, 15) is 5.26 Å². The minimum atomic E-state index is 0.393. The highest BCUT2D eigenvalue weighted by atomic mass is 15.0. The monoisotopic (exact) mass is 679 g/mol. The Bertz CT molecular complexity index is 3050.